The van der Waals surface area contributed by atoms with Crippen molar-refractivity contribution in [1.82, 2.24) is 9.36 Å². The fourth-order valence-electron chi connectivity index (χ4n) is 1.26. The van der Waals surface area contributed by atoms with Crippen molar-refractivity contribution in [2.45, 2.75) is 29.1 Å². The number of aromatic nitrogens is 2. The summed E-state index contributed by atoms with van der Waals surface area (Å²) in [4.78, 5) is 5.48. The van der Waals surface area contributed by atoms with Crippen molar-refractivity contribution in [3.05, 3.63) is 35.7 Å². The Morgan fingerprint density at radius 2 is 2.00 bits per heavy atom. The number of aryl methyl sites for hydroxylation is 1. The maximum absolute atomic E-state index is 5.79. The number of hydrogen-bond donors (Lipinski definition) is 1. The summed E-state index contributed by atoms with van der Waals surface area (Å²) >= 11 is 3.06. The van der Waals surface area contributed by atoms with Crippen molar-refractivity contribution in [3.63, 3.8) is 0 Å². The van der Waals surface area contributed by atoms with Gasteiger partial charge < -0.3 is 5.73 Å². The molecule has 0 saturated carbocycles. The maximum atomic E-state index is 5.79. The number of benzene rings is 1. The normalized spacial score (nSPS) is 12.7. The lowest BCUT2D eigenvalue weighted by molar-refractivity contribution is 0.817. The summed E-state index contributed by atoms with van der Waals surface area (Å²) in [5.41, 5.74) is 6.94. The highest BCUT2D eigenvalue weighted by Crippen LogP contribution is 2.29. The van der Waals surface area contributed by atoms with E-state index in [4.69, 9.17) is 5.73 Å². The SMILES string of the molecule is Cc1nsc(Sc2ccc(C(C)N)cc2)n1. The van der Waals surface area contributed by atoms with Crippen LogP contribution in [0, 0.1) is 6.92 Å². The largest absolute Gasteiger partial charge is 0.324 e. The first-order valence-corrected chi connectivity index (χ1v) is 6.58. The Bertz CT molecular complexity index is 462. The first-order chi connectivity index (χ1) is 7.65. The molecule has 0 saturated heterocycles. The Kier molecular flexibility index (Phi) is 3.58. The molecular weight excluding hydrogens is 238 g/mol. The number of hydrogen-bond acceptors (Lipinski definition) is 5. The molecule has 0 aliphatic rings. The van der Waals surface area contributed by atoms with E-state index in [2.05, 4.69) is 33.6 Å². The van der Waals surface area contributed by atoms with E-state index >= 15 is 0 Å². The molecule has 1 atom stereocenters. The summed E-state index contributed by atoms with van der Waals surface area (Å²) in [7, 11) is 0. The molecule has 16 heavy (non-hydrogen) atoms. The average Bonchev–Trinajstić information content (AvgIpc) is 2.65. The van der Waals surface area contributed by atoms with Crippen LogP contribution in [0.15, 0.2) is 33.5 Å². The predicted molar refractivity (Wildman–Crippen MR) is 67.8 cm³/mol. The van der Waals surface area contributed by atoms with Gasteiger partial charge in [0.05, 0.1) is 0 Å². The predicted octanol–water partition coefficient (Wildman–Crippen LogP) is 3.02. The van der Waals surface area contributed by atoms with Gasteiger partial charge in [0.1, 0.15) is 5.82 Å². The topological polar surface area (TPSA) is 51.8 Å². The van der Waals surface area contributed by atoms with Crippen LogP contribution in [0.2, 0.25) is 0 Å². The van der Waals surface area contributed by atoms with E-state index in [1.54, 1.807) is 11.8 Å². The van der Waals surface area contributed by atoms with Crippen molar-refractivity contribution in [2.75, 3.05) is 0 Å². The highest BCUT2D eigenvalue weighted by molar-refractivity contribution is 8.01. The van der Waals surface area contributed by atoms with E-state index in [-0.39, 0.29) is 6.04 Å². The van der Waals surface area contributed by atoms with Crippen molar-refractivity contribution < 1.29 is 0 Å². The van der Waals surface area contributed by atoms with Crippen molar-refractivity contribution in [1.29, 1.82) is 0 Å². The third-order valence-corrected chi connectivity index (χ3v) is 3.97. The molecule has 3 nitrogen and oxygen atoms in total. The molecule has 1 aromatic heterocycles. The Balaban J connectivity index is 2.11. The molecule has 0 aliphatic heterocycles. The summed E-state index contributed by atoms with van der Waals surface area (Å²) in [5, 5.41) is 0. The first kappa shape index (κ1) is 11.6. The van der Waals surface area contributed by atoms with Crippen molar-refractivity contribution in [3.8, 4) is 0 Å². The zero-order valence-electron chi connectivity index (χ0n) is 9.18. The van der Waals surface area contributed by atoms with Gasteiger partial charge in [-0.1, -0.05) is 23.9 Å². The molecule has 1 heterocycles. The Labute approximate surface area is 103 Å². The van der Waals surface area contributed by atoms with Gasteiger partial charge in [-0.2, -0.15) is 4.37 Å². The second kappa shape index (κ2) is 4.95. The molecule has 5 heteroatoms. The zero-order chi connectivity index (χ0) is 11.5. The van der Waals surface area contributed by atoms with Crippen LogP contribution < -0.4 is 5.73 Å². The van der Waals surface area contributed by atoms with Gasteiger partial charge in [-0.3, -0.25) is 0 Å². The van der Waals surface area contributed by atoms with Crippen LogP contribution in [-0.2, 0) is 0 Å². The van der Waals surface area contributed by atoms with Crippen LogP contribution in [-0.4, -0.2) is 9.36 Å². The van der Waals surface area contributed by atoms with Crippen LogP contribution in [0.3, 0.4) is 0 Å². The van der Waals surface area contributed by atoms with Crippen LogP contribution in [0.1, 0.15) is 24.4 Å². The summed E-state index contributed by atoms with van der Waals surface area (Å²) in [6.45, 7) is 3.88. The third kappa shape index (κ3) is 2.81. The van der Waals surface area contributed by atoms with Crippen molar-refractivity contribution >= 4 is 23.3 Å². The standard InChI is InChI=1S/C11H13N3S2/c1-7(12)9-3-5-10(6-4-9)15-11-13-8(2)14-16-11/h3-7H,12H2,1-2H3. The van der Waals surface area contributed by atoms with E-state index in [1.807, 2.05) is 13.8 Å². The highest BCUT2D eigenvalue weighted by Gasteiger charge is 2.04. The first-order valence-electron chi connectivity index (χ1n) is 4.99. The lowest BCUT2D eigenvalue weighted by atomic mass is 10.1. The van der Waals surface area contributed by atoms with Gasteiger partial charge in [0, 0.05) is 10.9 Å². The van der Waals surface area contributed by atoms with Crippen LogP contribution in [0.25, 0.3) is 0 Å². The van der Waals surface area contributed by atoms with Gasteiger partial charge in [0.15, 0.2) is 4.34 Å². The molecule has 0 bridgehead atoms. The van der Waals surface area contributed by atoms with Crippen molar-refractivity contribution in [2.24, 2.45) is 5.73 Å². The number of nitrogens with zero attached hydrogens (tertiary/aromatic N) is 2. The van der Waals surface area contributed by atoms with Gasteiger partial charge in [0.25, 0.3) is 0 Å². The lowest BCUT2D eigenvalue weighted by Gasteiger charge is -2.05. The minimum atomic E-state index is 0.0859. The monoisotopic (exact) mass is 251 g/mol. The summed E-state index contributed by atoms with van der Waals surface area (Å²) in [6.07, 6.45) is 0. The molecule has 0 amide bonds. The van der Waals surface area contributed by atoms with E-state index in [0.717, 1.165) is 15.7 Å². The Morgan fingerprint density at radius 1 is 1.31 bits per heavy atom. The fraction of sp³-hybridized carbons (Fsp3) is 0.273. The third-order valence-electron chi connectivity index (χ3n) is 2.12. The zero-order valence-corrected chi connectivity index (χ0v) is 10.8. The fourth-order valence-corrected chi connectivity index (χ4v) is 2.88. The Morgan fingerprint density at radius 3 is 2.50 bits per heavy atom. The quantitative estimate of drug-likeness (QED) is 0.911. The van der Waals surface area contributed by atoms with Crippen LogP contribution in [0.5, 0.6) is 0 Å². The molecule has 2 N–H and O–H groups in total. The smallest absolute Gasteiger partial charge is 0.174 e. The highest BCUT2D eigenvalue weighted by atomic mass is 32.2. The second-order valence-electron chi connectivity index (χ2n) is 3.57. The molecular formula is C11H13N3S2. The minimum absolute atomic E-state index is 0.0859. The van der Waals surface area contributed by atoms with Gasteiger partial charge in [-0.25, -0.2) is 4.98 Å². The second-order valence-corrected chi connectivity index (χ2v) is 5.64. The molecule has 0 aliphatic carbocycles. The molecule has 2 rings (SSSR count). The molecule has 0 radical (unpaired) electrons. The molecule has 0 fully saturated rings. The van der Waals surface area contributed by atoms with E-state index < -0.39 is 0 Å². The van der Waals surface area contributed by atoms with Gasteiger partial charge in [0.2, 0.25) is 0 Å². The van der Waals surface area contributed by atoms with E-state index in [0.29, 0.717) is 0 Å². The van der Waals surface area contributed by atoms with E-state index in [9.17, 15) is 0 Å². The molecule has 1 aromatic carbocycles. The summed E-state index contributed by atoms with van der Waals surface area (Å²) in [6, 6.07) is 8.34. The molecule has 0 spiro atoms. The summed E-state index contributed by atoms with van der Waals surface area (Å²) < 4.78 is 5.13. The van der Waals surface area contributed by atoms with Crippen LogP contribution >= 0.6 is 23.3 Å². The maximum Gasteiger partial charge on any atom is 0.174 e. The summed E-state index contributed by atoms with van der Waals surface area (Å²) in [5.74, 6) is 0.833. The van der Waals surface area contributed by atoms with Gasteiger partial charge in [-0.05, 0) is 43.1 Å². The average molecular weight is 251 g/mol. The number of rotatable bonds is 3. The molecule has 2 aromatic rings. The van der Waals surface area contributed by atoms with Gasteiger partial charge in [-0.15, -0.1) is 0 Å². The molecule has 84 valence electrons. The molecule has 1 unspecified atom stereocenters. The van der Waals surface area contributed by atoms with Gasteiger partial charge >= 0.3 is 0 Å². The Hall–Kier alpha value is -0.910. The van der Waals surface area contributed by atoms with Crippen LogP contribution in [0.4, 0.5) is 0 Å². The number of nitrogens with two attached hydrogens (primary N) is 1. The lowest BCUT2D eigenvalue weighted by Crippen LogP contribution is -2.04. The van der Waals surface area contributed by atoms with E-state index in [1.165, 1.54) is 16.4 Å². The minimum Gasteiger partial charge on any atom is -0.324 e.